The van der Waals surface area contributed by atoms with Crippen LogP contribution in [0.15, 0.2) is 12.1 Å². The summed E-state index contributed by atoms with van der Waals surface area (Å²) in [5.41, 5.74) is -0.0867. The molecule has 0 bridgehead atoms. The molecule has 6 heteroatoms. The number of hydrogen-bond donors (Lipinski definition) is 2. The fraction of sp³-hybridized carbons (Fsp3) is 0.579. The Kier molecular flexibility index (Phi) is 5.93. The normalized spacial score (nSPS) is 23.0. The SMILES string of the molecule is CCC1CCC(NC(=O)c2cc(OC)c(OC)cc2C)(C(=O)O)CC1. The lowest BCUT2D eigenvalue weighted by Gasteiger charge is -2.37. The van der Waals surface area contributed by atoms with Crippen molar-refractivity contribution >= 4 is 11.9 Å². The second kappa shape index (κ2) is 7.76. The number of carboxylic acid groups (broad SMARTS) is 1. The molecule has 1 saturated carbocycles. The quantitative estimate of drug-likeness (QED) is 0.824. The first-order chi connectivity index (χ1) is 11.9. The lowest BCUT2D eigenvalue weighted by Crippen LogP contribution is -2.56. The number of aryl methyl sites for hydroxylation is 1. The fourth-order valence-corrected chi connectivity index (χ4v) is 3.48. The van der Waals surface area contributed by atoms with Crippen LogP contribution in [0.25, 0.3) is 0 Å². The highest BCUT2D eigenvalue weighted by Crippen LogP contribution is 2.35. The Morgan fingerprint density at radius 3 is 2.24 bits per heavy atom. The van der Waals surface area contributed by atoms with Crippen LogP contribution in [0.1, 0.15) is 54.9 Å². The van der Waals surface area contributed by atoms with Gasteiger partial charge in [-0.2, -0.15) is 0 Å². The number of carboxylic acids is 1. The van der Waals surface area contributed by atoms with Crippen molar-refractivity contribution in [1.82, 2.24) is 5.32 Å². The number of amides is 1. The summed E-state index contributed by atoms with van der Waals surface area (Å²) in [6.45, 7) is 3.91. The smallest absolute Gasteiger partial charge is 0.329 e. The Morgan fingerprint density at radius 2 is 1.76 bits per heavy atom. The van der Waals surface area contributed by atoms with Crippen LogP contribution in [0, 0.1) is 12.8 Å². The highest BCUT2D eigenvalue weighted by Gasteiger charge is 2.43. The predicted octanol–water partition coefficient (Wildman–Crippen LogP) is 3.17. The summed E-state index contributed by atoms with van der Waals surface area (Å²) in [4.78, 5) is 24.7. The van der Waals surface area contributed by atoms with Crippen molar-refractivity contribution in [3.05, 3.63) is 23.3 Å². The maximum Gasteiger partial charge on any atom is 0.329 e. The molecule has 0 radical (unpaired) electrons. The average molecular weight is 349 g/mol. The summed E-state index contributed by atoms with van der Waals surface area (Å²) in [5, 5.41) is 12.5. The molecule has 0 spiro atoms. The lowest BCUT2D eigenvalue weighted by atomic mass is 9.75. The molecular formula is C19H27NO5. The number of aliphatic carboxylic acids is 1. The van der Waals surface area contributed by atoms with Crippen LogP contribution in [0.5, 0.6) is 11.5 Å². The Labute approximate surface area is 148 Å². The van der Waals surface area contributed by atoms with Crippen molar-refractivity contribution in [3.63, 3.8) is 0 Å². The van der Waals surface area contributed by atoms with Crippen LogP contribution in [0.4, 0.5) is 0 Å². The maximum absolute atomic E-state index is 12.8. The maximum atomic E-state index is 12.8. The molecule has 6 nitrogen and oxygen atoms in total. The van der Waals surface area contributed by atoms with E-state index in [0.29, 0.717) is 41.4 Å². The Balaban J connectivity index is 2.26. The summed E-state index contributed by atoms with van der Waals surface area (Å²) >= 11 is 0. The van der Waals surface area contributed by atoms with Gasteiger partial charge in [-0.1, -0.05) is 13.3 Å². The number of methoxy groups -OCH3 is 2. The van der Waals surface area contributed by atoms with Gasteiger partial charge in [-0.05, 0) is 56.2 Å². The summed E-state index contributed by atoms with van der Waals surface area (Å²) in [7, 11) is 3.03. The zero-order valence-electron chi connectivity index (χ0n) is 15.3. The highest BCUT2D eigenvalue weighted by molar-refractivity contribution is 5.99. The van der Waals surface area contributed by atoms with Crippen molar-refractivity contribution in [2.45, 2.75) is 51.5 Å². The van der Waals surface area contributed by atoms with Crippen molar-refractivity contribution in [2.24, 2.45) is 5.92 Å². The van der Waals surface area contributed by atoms with Crippen LogP contribution in [-0.2, 0) is 4.79 Å². The molecule has 0 saturated heterocycles. The Morgan fingerprint density at radius 1 is 1.20 bits per heavy atom. The Hall–Kier alpha value is -2.24. The fourth-order valence-electron chi connectivity index (χ4n) is 3.48. The van der Waals surface area contributed by atoms with E-state index < -0.39 is 17.4 Å². The molecule has 1 aromatic carbocycles. The summed E-state index contributed by atoms with van der Waals surface area (Å²) in [5.74, 6) is 0.154. The molecule has 0 heterocycles. The summed E-state index contributed by atoms with van der Waals surface area (Å²) in [6, 6.07) is 3.31. The molecular weight excluding hydrogens is 322 g/mol. The largest absolute Gasteiger partial charge is 0.493 e. The van der Waals surface area contributed by atoms with Gasteiger partial charge in [0.25, 0.3) is 5.91 Å². The first kappa shape index (κ1) is 19.1. The average Bonchev–Trinajstić information content (AvgIpc) is 2.61. The van der Waals surface area contributed by atoms with E-state index in [9.17, 15) is 14.7 Å². The molecule has 138 valence electrons. The van der Waals surface area contributed by atoms with Gasteiger partial charge < -0.3 is 19.9 Å². The minimum atomic E-state index is -1.19. The highest BCUT2D eigenvalue weighted by atomic mass is 16.5. The van der Waals surface area contributed by atoms with Gasteiger partial charge in [0.1, 0.15) is 5.54 Å². The number of hydrogen-bond acceptors (Lipinski definition) is 4. The first-order valence-electron chi connectivity index (χ1n) is 8.65. The van der Waals surface area contributed by atoms with E-state index in [1.807, 2.05) is 0 Å². The third kappa shape index (κ3) is 3.89. The zero-order valence-corrected chi connectivity index (χ0v) is 15.3. The van der Waals surface area contributed by atoms with Gasteiger partial charge in [0.2, 0.25) is 0 Å². The number of rotatable bonds is 6. The Bertz CT molecular complexity index is 647. The standard InChI is InChI=1S/C19H27NO5/c1-5-13-6-8-19(9-7-13,18(22)23)20-17(21)14-11-16(25-4)15(24-3)10-12(14)2/h10-11,13H,5-9H2,1-4H3,(H,20,21)(H,22,23). The minimum absolute atomic E-state index is 0.393. The van der Waals surface area contributed by atoms with Crippen molar-refractivity contribution in [2.75, 3.05) is 14.2 Å². The van der Waals surface area contributed by atoms with Crippen molar-refractivity contribution in [1.29, 1.82) is 0 Å². The molecule has 1 aliphatic carbocycles. The van der Waals surface area contributed by atoms with E-state index in [2.05, 4.69) is 12.2 Å². The van der Waals surface area contributed by atoms with Gasteiger partial charge in [-0.3, -0.25) is 4.79 Å². The molecule has 0 atom stereocenters. The molecule has 0 aliphatic heterocycles. The van der Waals surface area contributed by atoms with Gasteiger partial charge in [0.05, 0.1) is 14.2 Å². The zero-order chi connectivity index (χ0) is 18.6. The number of carbonyl (C=O) groups is 2. The van der Waals surface area contributed by atoms with Crippen LogP contribution >= 0.6 is 0 Å². The molecule has 0 aromatic heterocycles. The van der Waals surface area contributed by atoms with Crippen LogP contribution in [0.2, 0.25) is 0 Å². The first-order valence-corrected chi connectivity index (χ1v) is 8.65. The van der Waals surface area contributed by atoms with E-state index in [1.54, 1.807) is 19.1 Å². The van der Waals surface area contributed by atoms with E-state index >= 15 is 0 Å². The number of nitrogens with one attached hydrogen (secondary N) is 1. The molecule has 25 heavy (non-hydrogen) atoms. The predicted molar refractivity (Wildman–Crippen MR) is 94.4 cm³/mol. The number of ether oxygens (including phenoxy) is 2. The van der Waals surface area contributed by atoms with E-state index in [4.69, 9.17) is 9.47 Å². The minimum Gasteiger partial charge on any atom is -0.493 e. The van der Waals surface area contributed by atoms with Gasteiger partial charge in [0, 0.05) is 5.56 Å². The number of benzene rings is 1. The third-order valence-corrected chi connectivity index (χ3v) is 5.27. The molecule has 1 amide bonds. The van der Waals surface area contributed by atoms with Gasteiger partial charge in [0.15, 0.2) is 11.5 Å². The van der Waals surface area contributed by atoms with Gasteiger partial charge in [-0.15, -0.1) is 0 Å². The molecule has 1 fully saturated rings. The van der Waals surface area contributed by atoms with Gasteiger partial charge in [-0.25, -0.2) is 4.79 Å². The third-order valence-electron chi connectivity index (χ3n) is 5.27. The van der Waals surface area contributed by atoms with Crippen molar-refractivity contribution < 1.29 is 24.2 Å². The van der Waals surface area contributed by atoms with Crippen LogP contribution < -0.4 is 14.8 Å². The van der Waals surface area contributed by atoms with Gasteiger partial charge >= 0.3 is 5.97 Å². The molecule has 0 unspecified atom stereocenters. The van der Waals surface area contributed by atoms with Crippen molar-refractivity contribution in [3.8, 4) is 11.5 Å². The van der Waals surface area contributed by atoms with E-state index in [0.717, 1.165) is 19.3 Å². The summed E-state index contributed by atoms with van der Waals surface area (Å²) < 4.78 is 10.5. The topological polar surface area (TPSA) is 84.9 Å². The van der Waals surface area contributed by atoms with E-state index in [-0.39, 0.29) is 0 Å². The monoisotopic (exact) mass is 349 g/mol. The number of carbonyl (C=O) groups excluding carboxylic acids is 1. The molecule has 1 aliphatic rings. The van der Waals surface area contributed by atoms with Crippen LogP contribution in [0.3, 0.4) is 0 Å². The molecule has 2 rings (SSSR count). The second-order valence-electron chi connectivity index (χ2n) is 6.72. The summed E-state index contributed by atoms with van der Waals surface area (Å²) in [6.07, 6.45) is 3.58. The second-order valence-corrected chi connectivity index (χ2v) is 6.72. The lowest BCUT2D eigenvalue weighted by molar-refractivity contribution is -0.146. The van der Waals surface area contributed by atoms with Crippen LogP contribution in [-0.4, -0.2) is 36.7 Å². The molecule has 1 aromatic rings. The van der Waals surface area contributed by atoms with E-state index in [1.165, 1.54) is 14.2 Å². The molecule has 2 N–H and O–H groups in total.